The Morgan fingerprint density at radius 2 is 2.36 bits per heavy atom. The molecular formula is C10H12S. The SMILES string of the molecule is CCC1=Cc2ccsc2CC1. The van der Waals surface area contributed by atoms with Gasteiger partial charge in [0.1, 0.15) is 0 Å². The van der Waals surface area contributed by atoms with Gasteiger partial charge in [0, 0.05) is 4.88 Å². The van der Waals surface area contributed by atoms with Crippen LogP contribution in [0.1, 0.15) is 30.2 Å². The summed E-state index contributed by atoms with van der Waals surface area (Å²) < 4.78 is 0. The molecule has 11 heavy (non-hydrogen) atoms. The molecule has 0 N–H and O–H groups in total. The largest absolute Gasteiger partial charge is 0.148 e. The molecule has 0 nitrogen and oxygen atoms in total. The van der Waals surface area contributed by atoms with E-state index in [9.17, 15) is 0 Å². The van der Waals surface area contributed by atoms with Crippen LogP contribution < -0.4 is 0 Å². The minimum absolute atomic E-state index is 1.22. The quantitative estimate of drug-likeness (QED) is 0.596. The Morgan fingerprint density at radius 3 is 3.18 bits per heavy atom. The lowest BCUT2D eigenvalue weighted by atomic mass is 9.97. The van der Waals surface area contributed by atoms with Gasteiger partial charge in [0.25, 0.3) is 0 Å². The van der Waals surface area contributed by atoms with Gasteiger partial charge in [-0.15, -0.1) is 11.3 Å². The third-order valence-electron chi connectivity index (χ3n) is 2.27. The summed E-state index contributed by atoms with van der Waals surface area (Å²) >= 11 is 1.89. The maximum absolute atomic E-state index is 2.36. The highest BCUT2D eigenvalue weighted by Crippen LogP contribution is 2.28. The van der Waals surface area contributed by atoms with Crippen molar-refractivity contribution in [1.82, 2.24) is 0 Å². The highest BCUT2D eigenvalue weighted by atomic mass is 32.1. The van der Waals surface area contributed by atoms with Crippen LogP contribution in [0.3, 0.4) is 0 Å². The molecule has 0 aromatic carbocycles. The van der Waals surface area contributed by atoms with Crippen molar-refractivity contribution in [2.45, 2.75) is 26.2 Å². The summed E-state index contributed by atoms with van der Waals surface area (Å²) in [5.74, 6) is 0. The zero-order valence-corrected chi connectivity index (χ0v) is 7.58. The van der Waals surface area contributed by atoms with Gasteiger partial charge in [0.05, 0.1) is 0 Å². The fraction of sp³-hybridized carbons (Fsp3) is 0.400. The van der Waals surface area contributed by atoms with Crippen molar-refractivity contribution in [2.24, 2.45) is 0 Å². The van der Waals surface area contributed by atoms with Gasteiger partial charge in [-0.3, -0.25) is 0 Å². The summed E-state index contributed by atoms with van der Waals surface area (Å²) in [6, 6.07) is 2.23. The van der Waals surface area contributed by atoms with Crippen molar-refractivity contribution in [3.05, 3.63) is 27.5 Å². The Bertz CT molecular complexity index is 281. The first-order chi connectivity index (χ1) is 5.40. The maximum atomic E-state index is 2.36. The Kier molecular flexibility index (Phi) is 1.82. The fourth-order valence-electron chi connectivity index (χ4n) is 1.53. The molecule has 1 aromatic heterocycles. The first-order valence-corrected chi connectivity index (χ1v) is 5.04. The van der Waals surface area contributed by atoms with E-state index in [1.54, 1.807) is 10.5 Å². The molecule has 0 radical (unpaired) electrons. The number of aryl methyl sites for hydroxylation is 1. The minimum atomic E-state index is 1.22. The van der Waals surface area contributed by atoms with Crippen LogP contribution in [0.4, 0.5) is 0 Å². The molecule has 1 heteroatoms. The van der Waals surface area contributed by atoms with Crippen LogP contribution in [-0.4, -0.2) is 0 Å². The maximum Gasteiger partial charge on any atom is 0.0121 e. The lowest BCUT2D eigenvalue weighted by Crippen LogP contribution is -1.93. The van der Waals surface area contributed by atoms with Crippen molar-refractivity contribution in [3.8, 4) is 0 Å². The smallest absolute Gasteiger partial charge is 0.0121 e. The molecule has 0 fully saturated rings. The number of rotatable bonds is 1. The second-order valence-electron chi connectivity index (χ2n) is 2.96. The predicted octanol–water partition coefficient (Wildman–Crippen LogP) is 3.49. The van der Waals surface area contributed by atoms with Crippen LogP contribution in [0.5, 0.6) is 0 Å². The number of thiophene rings is 1. The third kappa shape index (κ3) is 1.25. The molecule has 1 aliphatic carbocycles. The molecule has 1 aliphatic rings. The van der Waals surface area contributed by atoms with E-state index >= 15 is 0 Å². The summed E-state index contributed by atoms with van der Waals surface area (Å²) in [6.07, 6.45) is 6.13. The van der Waals surface area contributed by atoms with Crippen LogP contribution in [0.25, 0.3) is 6.08 Å². The summed E-state index contributed by atoms with van der Waals surface area (Å²) in [6.45, 7) is 2.24. The normalized spacial score (nSPS) is 15.9. The van der Waals surface area contributed by atoms with Gasteiger partial charge in [-0.05, 0) is 36.3 Å². The highest BCUT2D eigenvalue weighted by Gasteiger charge is 2.09. The second kappa shape index (κ2) is 2.82. The van der Waals surface area contributed by atoms with Gasteiger partial charge in [0.2, 0.25) is 0 Å². The molecule has 58 valence electrons. The van der Waals surface area contributed by atoms with Gasteiger partial charge in [0.15, 0.2) is 0 Å². The predicted molar refractivity (Wildman–Crippen MR) is 50.9 cm³/mol. The Labute approximate surface area is 71.6 Å². The van der Waals surface area contributed by atoms with E-state index in [1.165, 1.54) is 24.8 Å². The lowest BCUT2D eigenvalue weighted by Gasteiger charge is -2.10. The number of hydrogen-bond donors (Lipinski definition) is 0. The van der Waals surface area contributed by atoms with Crippen molar-refractivity contribution in [1.29, 1.82) is 0 Å². The van der Waals surface area contributed by atoms with E-state index in [1.807, 2.05) is 11.3 Å². The number of hydrogen-bond acceptors (Lipinski definition) is 1. The monoisotopic (exact) mass is 164 g/mol. The zero-order chi connectivity index (χ0) is 7.68. The molecule has 0 unspecified atom stereocenters. The van der Waals surface area contributed by atoms with Crippen molar-refractivity contribution in [3.63, 3.8) is 0 Å². The Balaban J connectivity index is 2.37. The Morgan fingerprint density at radius 1 is 1.45 bits per heavy atom. The van der Waals surface area contributed by atoms with Gasteiger partial charge >= 0.3 is 0 Å². The van der Waals surface area contributed by atoms with E-state index in [0.717, 1.165) is 0 Å². The topological polar surface area (TPSA) is 0 Å². The van der Waals surface area contributed by atoms with Crippen molar-refractivity contribution in [2.75, 3.05) is 0 Å². The van der Waals surface area contributed by atoms with E-state index in [4.69, 9.17) is 0 Å². The average Bonchev–Trinajstić information content (AvgIpc) is 2.50. The standard InChI is InChI=1S/C10H12S/c1-2-8-3-4-10-9(7-8)5-6-11-10/h5-7H,2-4H2,1H3. The number of allylic oxidation sites excluding steroid dienone is 1. The Hall–Kier alpha value is -0.560. The molecule has 0 saturated carbocycles. The molecule has 0 bridgehead atoms. The summed E-state index contributed by atoms with van der Waals surface area (Å²) in [5.41, 5.74) is 3.08. The van der Waals surface area contributed by atoms with Gasteiger partial charge in [-0.1, -0.05) is 18.6 Å². The van der Waals surface area contributed by atoms with E-state index < -0.39 is 0 Å². The molecule has 2 rings (SSSR count). The zero-order valence-electron chi connectivity index (χ0n) is 6.76. The summed E-state index contributed by atoms with van der Waals surface area (Å²) in [5, 5.41) is 2.19. The van der Waals surface area contributed by atoms with Crippen LogP contribution >= 0.6 is 11.3 Å². The summed E-state index contributed by atoms with van der Waals surface area (Å²) in [7, 11) is 0. The van der Waals surface area contributed by atoms with Gasteiger partial charge < -0.3 is 0 Å². The van der Waals surface area contributed by atoms with E-state index in [2.05, 4.69) is 24.4 Å². The lowest BCUT2D eigenvalue weighted by molar-refractivity contribution is 0.890. The molecule has 1 heterocycles. The fourth-order valence-corrected chi connectivity index (χ4v) is 2.39. The van der Waals surface area contributed by atoms with E-state index in [0.29, 0.717) is 0 Å². The molecule has 1 aromatic rings. The van der Waals surface area contributed by atoms with Crippen molar-refractivity contribution < 1.29 is 0 Å². The van der Waals surface area contributed by atoms with Gasteiger partial charge in [-0.25, -0.2) is 0 Å². The molecule has 0 spiro atoms. The minimum Gasteiger partial charge on any atom is -0.148 e. The second-order valence-corrected chi connectivity index (χ2v) is 3.96. The highest BCUT2D eigenvalue weighted by molar-refractivity contribution is 7.10. The first kappa shape index (κ1) is 7.11. The van der Waals surface area contributed by atoms with Gasteiger partial charge in [-0.2, -0.15) is 0 Å². The molecule has 0 amide bonds. The molecule has 0 aliphatic heterocycles. The van der Waals surface area contributed by atoms with Crippen LogP contribution in [0.2, 0.25) is 0 Å². The first-order valence-electron chi connectivity index (χ1n) is 4.16. The number of fused-ring (bicyclic) bond motifs is 1. The van der Waals surface area contributed by atoms with E-state index in [-0.39, 0.29) is 0 Å². The van der Waals surface area contributed by atoms with Crippen molar-refractivity contribution >= 4 is 17.4 Å². The molecule has 0 saturated heterocycles. The molecule has 0 atom stereocenters. The van der Waals surface area contributed by atoms with Crippen LogP contribution in [0.15, 0.2) is 17.0 Å². The average molecular weight is 164 g/mol. The summed E-state index contributed by atoms with van der Waals surface area (Å²) in [4.78, 5) is 1.57. The third-order valence-corrected chi connectivity index (χ3v) is 3.26. The molecular weight excluding hydrogens is 152 g/mol. The van der Waals surface area contributed by atoms with Crippen LogP contribution in [0, 0.1) is 0 Å². The van der Waals surface area contributed by atoms with Crippen LogP contribution in [-0.2, 0) is 6.42 Å².